The molecule has 0 radical (unpaired) electrons. The van der Waals surface area contributed by atoms with Crippen molar-refractivity contribution < 1.29 is 4.74 Å². The SMILES string of the molecule is CC#Cc1ccc(C#CC#CC2CO2)s1. The fourth-order valence-corrected chi connectivity index (χ4v) is 1.70. The Morgan fingerprint density at radius 3 is 2.67 bits per heavy atom. The van der Waals surface area contributed by atoms with Crippen LogP contribution in [0.5, 0.6) is 0 Å². The minimum Gasteiger partial charge on any atom is -0.359 e. The summed E-state index contributed by atoms with van der Waals surface area (Å²) in [6.45, 7) is 2.58. The zero-order valence-electron chi connectivity index (χ0n) is 8.26. The summed E-state index contributed by atoms with van der Waals surface area (Å²) in [6, 6.07) is 3.94. The minimum absolute atomic E-state index is 0.129. The Labute approximate surface area is 93.5 Å². The molecule has 2 heteroatoms. The van der Waals surface area contributed by atoms with Gasteiger partial charge in [0.1, 0.15) is 6.10 Å². The van der Waals surface area contributed by atoms with Crippen molar-refractivity contribution in [3.8, 4) is 35.5 Å². The molecule has 1 aromatic rings. The summed E-state index contributed by atoms with van der Waals surface area (Å²) in [6.07, 6.45) is 0.129. The van der Waals surface area contributed by atoms with E-state index in [9.17, 15) is 0 Å². The average molecular weight is 212 g/mol. The Bertz CT molecular complexity index is 530. The van der Waals surface area contributed by atoms with Gasteiger partial charge >= 0.3 is 0 Å². The number of ether oxygens (including phenoxy) is 1. The van der Waals surface area contributed by atoms with Crippen LogP contribution in [0.2, 0.25) is 0 Å². The number of hydrogen-bond donors (Lipinski definition) is 0. The number of thiophene rings is 1. The van der Waals surface area contributed by atoms with Crippen LogP contribution in [0, 0.1) is 35.5 Å². The summed E-state index contributed by atoms with van der Waals surface area (Å²) in [5, 5.41) is 0. The van der Waals surface area contributed by atoms with Crippen molar-refractivity contribution in [3.05, 3.63) is 21.9 Å². The second kappa shape index (κ2) is 4.72. The first-order valence-corrected chi connectivity index (χ1v) is 5.36. The fourth-order valence-electron chi connectivity index (χ4n) is 0.936. The van der Waals surface area contributed by atoms with Gasteiger partial charge in [-0.2, -0.15) is 0 Å². The third kappa shape index (κ3) is 3.19. The van der Waals surface area contributed by atoms with E-state index in [-0.39, 0.29) is 6.10 Å². The maximum absolute atomic E-state index is 4.94. The van der Waals surface area contributed by atoms with Gasteiger partial charge in [0, 0.05) is 0 Å². The van der Waals surface area contributed by atoms with E-state index in [1.165, 1.54) is 0 Å². The maximum atomic E-state index is 4.94. The molecule has 1 aromatic heterocycles. The lowest BCUT2D eigenvalue weighted by Crippen LogP contribution is -1.71. The van der Waals surface area contributed by atoms with Gasteiger partial charge in [0.05, 0.1) is 16.4 Å². The Hall–Kier alpha value is -1.66. The van der Waals surface area contributed by atoms with Crippen LogP contribution in [0.25, 0.3) is 0 Å². The van der Waals surface area contributed by atoms with E-state index in [4.69, 9.17) is 4.74 Å². The first kappa shape index (κ1) is 9.88. The average Bonchev–Trinajstić information content (AvgIpc) is 2.95. The molecule has 2 heterocycles. The van der Waals surface area contributed by atoms with Gasteiger partial charge in [-0.3, -0.25) is 0 Å². The smallest absolute Gasteiger partial charge is 0.142 e. The van der Waals surface area contributed by atoms with Gasteiger partial charge in [-0.25, -0.2) is 0 Å². The van der Waals surface area contributed by atoms with E-state index in [1.807, 2.05) is 19.1 Å². The quantitative estimate of drug-likeness (QED) is 0.472. The van der Waals surface area contributed by atoms with Crippen molar-refractivity contribution in [3.63, 3.8) is 0 Å². The zero-order chi connectivity index (χ0) is 10.5. The molecule has 0 saturated carbocycles. The van der Waals surface area contributed by atoms with E-state index in [1.54, 1.807) is 11.3 Å². The van der Waals surface area contributed by atoms with Gasteiger partial charge in [0.15, 0.2) is 0 Å². The third-order valence-corrected chi connectivity index (χ3v) is 2.59. The molecule has 0 bridgehead atoms. The third-order valence-electron chi connectivity index (χ3n) is 1.67. The standard InChI is InChI=1S/C13H8OS/c1-2-5-12-8-9-13(15-12)7-4-3-6-11-10-14-11/h8-9,11H,10H2,1H3. The molecule has 1 nitrogen and oxygen atoms in total. The summed E-state index contributed by atoms with van der Waals surface area (Å²) >= 11 is 1.59. The van der Waals surface area contributed by atoms with Crippen LogP contribution >= 0.6 is 11.3 Å². The van der Waals surface area contributed by atoms with Crippen LogP contribution in [-0.2, 0) is 4.74 Å². The molecule has 0 amide bonds. The van der Waals surface area contributed by atoms with Crippen molar-refractivity contribution in [1.82, 2.24) is 0 Å². The highest BCUT2D eigenvalue weighted by Crippen LogP contribution is 2.13. The first-order chi connectivity index (χ1) is 7.38. The van der Waals surface area contributed by atoms with Gasteiger partial charge in [0.2, 0.25) is 0 Å². The summed E-state index contributed by atoms with van der Waals surface area (Å²) in [4.78, 5) is 2.04. The summed E-state index contributed by atoms with van der Waals surface area (Å²) in [7, 11) is 0. The van der Waals surface area contributed by atoms with Gasteiger partial charge in [0.25, 0.3) is 0 Å². The first-order valence-electron chi connectivity index (χ1n) is 4.54. The van der Waals surface area contributed by atoms with Gasteiger partial charge < -0.3 is 4.74 Å². The van der Waals surface area contributed by atoms with Crippen LogP contribution in [0.1, 0.15) is 16.7 Å². The van der Waals surface area contributed by atoms with Gasteiger partial charge in [-0.15, -0.1) is 17.3 Å². The second-order valence-corrected chi connectivity index (χ2v) is 3.96. The molecule has 1 aliphatic heterocycles. The van der Waals surface area contributed by atoms with Crippen LogP contribution in [-0.4, -0.2) is 12.7 Å². The highest BCUT2D eigenvalue weighted by Gasteiger charge is 2.18. The Balaban J connectivity index is 2.02. The van der Waals surface area contributed by atoms with Crippen LogP contribution < -0.4 is 0 Å². The van der Waals surface area contributed by atoms with Gasteiger partial charge in [-0.1, -0.05) is 11.8 Å². The summed E-state index contributed by atoms with van der Waals surface area (Å²) in [5.41, 5.74) is 0. The summed E-state index contributed by atoms with van der Waals surface area (Å²) < 4.78 is 4.94. The van der Waals surface area contributed by atoms with Crippen LogP contribution in [0.4, 0.5) is 0 Å². The molecule has 1 unspecified atom stereocenters. The predicted octanol–water partition coefficient (Wildman–Crippen LogP) is 1.87. The topological polar surface area (TPSA) is 12.5 Å². The van der Waals surface area contributed by atoms with E-state index in [0.29, 0.717) is 0 Å². The van der Waals surface area contributed by atoms with Crippen molar-refractivity contribution in [1.29, 1.82) is 0 Å². The monoisotopic (exact) mass is 212 g/mol. The highest BCUT2D eigenvalue weighted by molar-refractivity contribution is 7.13. The molecule has 1 saturated heterocycles. The molecule has 0 N–H and O–H groups in total. The Kier molecular flexibility index (Phi) is 3.11. The molecule has 1 atom stereocenters. The van der Waals surface area contributed by atoms with E-state index < -0.39 is 0 Å². The molecule has 1 aliphatic rings. The lowest BCUT2D eigenvalue weighted by Gasteiger charge is -1.74. The van der Waals surface area contributed by atoms with Crippen LogP contribution in [0.3, 0.4) is 0 Å². The highest BCUT2D eigenvalue weighted by atomic mass is 32.1. The normalized spacial score (nSPS) is 16.2. The number of rotatable bonds is 0. The lowest BCUT2D eigenvalue weighted by atomic mass is 10.4. The second-order valence-electron chi connectivity index (χ2n) is 2.88. The van der Waals surface area contributed by atoms with Gasteiger partial charge in [-0.05, 0) is 36.8 Å². The molecular weight excluding hydrogens is 204 g/mol. The predicted molar refractivity (Wildman–Crippen MR) is 61.3 cm³/mol. The van der Waals surface area contributed by atoms with Crippen LogP contribution in [0.15, 0.2) is 12.1 Å². The Morgan fingerprint density at radius 1 is 1.27 bits per heavy atom. The molecular formula is C13H8OS. The van der Waals surface area contributed by atoms with Crippen molar-refractivity contribution in [2.24, 2.45) is 0 Å². The van der Waals surface area contributed by atoms with E-state index in [0.717, 1.165) is 16.4 Å². The maximum Gasteiger partial charge on any atom is 0.142 e. The number of epoxide rings is 1. The Morgan fingerprint density at radius 2 is 2.00 bits per heavy atom. The van der Waals surface area contributed by atoms with E-state index >= 15 is 0 Å². The number of hydrogen-bond acceptors (Lipinski definition) is 2. The lowest BCUT2D eigenvalue weighted by molar-refractivity contribution is 0.445. The molecule has 0 aliphatic carbocycles. The largest absolute Gasteiger partial charge is 0.359 e. The molecule has 1 fully saturated rings. The van der Waals surface area contributed by atoms with E-state index in [2.05, 4.69) is 35.5 Å². The molecule has 15 heavy (non-hydrogen) atoms. The zero-order valence-corrected chi connectivity index (χ0v) is 9.07. The molecule has 0 aromatic carbocycles. The molecule has 0 spiro atoms. The van der Waals surface area contributed by atoms with Crippen molar-refractivity contribution >= 4 is 11.3 Å². The van der Waals surface area contributed by atoms with Crippen molar-refractivity contribution in [2.45, 2.75) is 13.0 Å². The molecule has 2 rings (SSSR count). The fraction of sp³-hybridized carbons (Fsp3) is 0.231. The minimum atomic E-state index is 0.129. The molecule has 72 valence electrons. The summed E-state index contributed by atoms with van der Waals surface area (Å²) in [5.74, 6) is 17.3. The van der Waals surface area contributed by atoms with Crippen molar-refractivity contribution in [2.75, 3.05) is 6.61 Å².